The second kappa shape index (κ2) is 8.18. The molecule has 0 bridgehead atoms. The summed E-state index contributed by atoms with van der Waals surface area (Å²) in [4.78, 5) is 0. The van der Waals surface area contributed by atoms with E-state index in [0.29, 0.717) is 0 Å². The molecule has 0 saturated carbocycles. The van der Waals surface area contributed by atoms with Crippen LogP contribution in [-0.2, 0) is 0 Å². The van der Waals surface area contributed by atoms with Crippen molar-refractivity contribution in [2.75, 3.05) is 12.4 Å². The summed E-state index contributed by atoms with van der Waals surface area (Å²) in [6.45, 7) is 0. The van der Waals surface area contributed by atoms with Crippen molar-refractivity contribution in [1.82, 2.24) is 5.32 Å². The Labute approximate surface area is 149 Å². The molecule has 0 heterocycles. The van der Waals surface area contributed by atoms with Crippen molar-refractivity contribution in [3.05, 3.63) is 102 Å². The third kappa shape index (κ3) is 4.49. The summed E-state index contributed by atoms with van der Waals surface area (Å²) in [5.41, 5.74) is 11.4. The molecule has 126 valence electrons. The number of rotatable bonds is 6. The van der Waals surface area contributed by atoms with Crippen molar-refractivity contribution < 1.29 is 0 Å². The molecule has 0 radical (unpaired) electrons. The van der Waals surface area contributed by atoms with E-state index in [0.717, 1.165) is 22.6 Å². The Morgan fingerprint density at radius 3 is 1.96 bits per heavy atom. The maximum absolute atomic E-state index is 6.25. The molecule has 3 rings (SSSR count). The Balaban J connectivity index is 1.75. The van der Waals surface area contributed by atoms with E-state index in [1.165, 1.54) is 5.56 Å². The maximum atomic E-state index is 6.25. The quantitative estimate of drug-likeness (QED) is 0.615. The van der Waals surface area contributed by atoms with Crippen molar-refractivity contribution >= 4 is 17.1 Å². The summed E-state index contributed by atoms with van der Waals surface area (Å²) < 4.78 is 0. The van der Waals surface area contributed by atoms with Crippen molar-refractivity contribution in [2.45, 2.75) is 6.04 Å². The van der Waals surface area contributed by atoms with E-state index in [9.17, 15) is 0 Å². The lowest BCUT2D eigenvalue weighted by Crippen LogP contribution is -2.15. The lowest BCUT2D eigenvalue weighted by molar-refractivity contribution is 0.715. The Bertz CT molecular complexity index is 809. The highest BCUT2D eigenvalue weighted by molar-refractivity contribution is 5.64. The predicted octanol–water partition coefficient (Wildman–Crippen LogP) is 4.69. The fraction of sp³-hybridized carbons (Fsp3) is 0.0909. The van der Waals surface area contributed by atoms with Crippen LogP contribution in [0.5, 0.6) is 0 Å². The van der Waals surface area contributed by atoms with Gasteiger partial charge >= 0.3 is 0 Å². The predicted molar refractivity (Wildman–Crippen MR) is 107 cm³/mol. The summed E-state index contributed by atoms with van der Waals surface area (Å²) >= 11 is 0. The number of likely N-dealkylation sites (N-methyl/N-ethyl adjacent to an activating group) is 1. The van der Waals surface area contributed by atoms with Gasteiger partial charge in [-0.1, -0.05) is 60.7 Å². The number of nitrogens with two attached hydrogens (primary N) is 1. The van der Waals surface area contributed by atoms with Gasteiger partial charge in [-0.2, -0.15) is 0 Å². The average molecular weight is 329 g/mol. The highest BCUT2D eigenvalue weighted by Crippen LogP contribution is 2.22. The Morgan fingerprint density at radius 2 is 1.36 bits per heavy atom. The molecule has 3 nitrogen and oxygen atoms in total. The summed E-state index contributed by atoms with van der Waals surface area (Å²) in [7, 11) is 1.94. The van der Waals surface area contributed by atoms with Gasteiger partial charge in [0.2, 0.25) is 0 Å². The van der Waals surface area contributed by atoms with Crippen LogP contribution >= 0.6 is 0 Å². The zero-order chi connectivity index (χ0) is 17.5. The molecule has 25 heavy (non-hydrogen) atoms. The molecular weight excluding hydrogens is 306 g/mol. The van der Waals surface area contributed by atoms with Gasteiger partial charge in [0.05, 0.1) is 6.04 Å². The average Bonchev–Trinajstić information content (AvgIpc) is 2.68. The molecule has 3 heteroatoms. The monoisotopic (exact) mass is 329 g/mol. The summed E-state index contributed by atoms with van der Waals surface area (Å²) in [6, 6.07) is 28.6. The van der Waals surface area contributed by atoms with Crippen molar-refractivity contribution in [3.63, 3.8) is 0 Å². The topological polar surface area (TPSA) is 50.1 Å². The van der Waals surface area contributed by atoms with Gasteiger partial charge in [0, 0.05) is 17.1 Å². The van der Waals surface area contributed by atoms with Gasteiger partial charge in [-0.05, 0) is 48.5 Å². The normalized spacial score (nSPS) is 12.6. The Kier molecular flexibility index (Phi) is 5.50. The van der Waals surface area contributed by atoms with Gasteiger partial charge < -0.3 is 16.4 Å². The second-order valence-corrected chi connectivity index (χ2v) is 5.87. The van der Waals surface area contributed by atoms with Crippen molar-refractivity contribution in [2.24, 2.45) is 5.73 Å². The molecule has 0 saturated heterocycles. The van der Waals surface area contributed by atoms with E-state index in [2.05, 4.69) is 41.0 Å². The third-order valence-electron chi connectivity index (χ3n) is 4.10. The fourth-order valence-corrected chi connectivity index (χ4v) is 2.71. The summed E-state index contributed by atoms with van der Waals surface area (Å²) in [5, 5.41) is 6.71. The van der Waals surface area contributed by atoms with E-state index < -0.39 is 0 Å². The number of hydrogen-bond donors (Lipinski definition) is 3. The van der Waals surface area contributed by atoms with Crippen LogP contribution in [0.15, 0.2) is 91.0 Å². The van der Waals surface area contributed by atoms with Gasteiger partial charge in [-0.25, -0.2) is 0 Å². The molecule has 1 atom stereocenters. The molecule has 0 aliphatic carbocycles. The number of para-hydroxylation sites is 1. The van der Waals surface area contributed by atoms with E-state index in [1.54, 1.807) is 0 Å². The lowest BCUT2D eigenvalue weighted by atomic mass is 10.0. The molecule has 3 aromatic rings. The fourth-order valence-electron chi connectivity index (χ4n) is 2.71. The van der Waals surface area contributed by atoms with Crippen LogP contribution in [0.3, 0.4) is 0 Å². The van der Waals surface area contributed by atoms with E-state index in [4.69, 9.17) is 5.73 Å². The molecule has 0 aliphatic heterocycles. The van der Waals surface area contributed by atoms with E-state index in [1.807, 2.05) is 67.7 Å². The highest BCUT2D eigenvalue weighted by Gasteiger charge is 2.08. The minimum Gasteiger partial charge on any atom is -0.398 e. The van der Waals surface area contributed by atoms with E-state index in [-0.39, 0.29) is 6.04 Å². The van der Waals surface area contributed by atoms with Gasteiger partial charge in [-0.3, -0.25) is 0 Å². The third-order valence-corrected chi connectivity index (χ3v) is 4.10. The molecule has 4 N–H and O–H groups in total. The van der Waals surface area contributed by atoms with Gasteiger partial charge in [-0.15, -0.1) is 0 Å². The van der Waals surface area contributed by atoms with Gasteiger partial charge in [0.15, 0.2) is 0 Å². The first-order chi connectivity index (χ1) is 12.3. The van der Waals surface area contributed by atoms with Crippen LogP contribution in [0.1, 0.15) is 17.2 Å². The van der Waals surface area contributed by atoms with Crippen molar-refractivity contribution in [3.8, 4) is 0 Å². The first kappa shape index (κ1) is 16.8. The summed E-state index contributed by atoms with van der Waals surface area (Å²) in [6.07, 6.45) is 2.05. The molecule has 0 fully saturated rings. The molecule has 0 aliphatic rings. The molecule has 0 amide bonds. The largest absolute Gasteiger partial charge is 0.398 e. The van der Waals surface area contributed by atoms with Gasteiger partial charge in [0.25, 0.3) is 0 Å². The SMILES string of the molecule is CNC(/C=C(\N)c1ccccc1)c1ccc(Nc2ccccc2)cc1. The Hall–Kier alpha value is -3.04. The molecule has 0 spiro atoms. The van der Waals surface area contributed by atoms with Crippen LogP contribution in [0, 0.1) is 0 Å². The molecular formula is C22H23N3. The minimum atomic E-state index is 0.0611. The first-order valence-corrected chi connectivity index (χ1v) is 8.38. The van der Waals surface area contributed by atoms with Crippen LogP contribution in [-0.4, -0.2) is 7.05 Å². The molecule has 0 aromatic heterocycles. The number of hydrogen-bond acceptors (Lipinski definition) is 3. The first-order valence-electron chi connectivity index (χ1n) is 8.38. The zero-order valence-electron chi connectivity index (χ0n) is 14.3. The minimum absolute atomic E-state index is 0.0611. The smallest absolute Gasteiger partial charge is 0.0526 e. The number of nitrogens with one attached hydrogen (secondary N) is 2. The highest BCUT2D eigenvalue weighted by atomic mass is 14.9. The second-order valence-electron chi connectivity index (χ2n) is 5.87. The number of benzene rings is 3. The summed E-state index contributed by atoms with van der Waals surface area (Å²) in [5.74, 6) is 0. The lowest BCUT2D eigenvalue weighted by Gasteiger charge is -2.15. The van der Waals surface area contributed by atoms with Crippen LogP contribution < -0.4 is 16.4 Å². The number of anilines is 2. The van der Waals surface area contributed by atoms with Crippen LogP contribution in [0.2, 0.25) is 0 Å². The maximum Gasteiger partial charge on any atom is 0.0526 e. The van der Waals surface area contributed by atoms with Gasteiger partial charge in [0.1, 0.15) is 0 Å². The Morgan fingerprint density at radius 1 is 0.800 bits per heavy atom. The standard InChI is InChI=1S/C22H23N3/c1-24-22(16-21(23)17-8-4-2-5-9-17)18-12-14-20(15-13-18)25-19-10-6-3-7-11-19/h2-16,22,24-25H,23H2,1H3/b21-16-. The van der Waals surface area contributed by atoms with Crippen LogP contribution in [0.4, 0.5) is 11.4 Å². The van der Waals surface area contributed by atoms with Crippen LogP contribution in [0.25, 0.3) is 5.70 Å². The molecule has 3 aromatic carbocycles. The van der Waals surface area contributed by atoms with E-state index >= 15 is 0 Å². The van der Waals surface area contributed by atoms with Crippen molar-refractivity contribution in [1.29, 1.82) is 0 Å². The zero-order valence-corrected chi connectivity index (χ0v) is 14.3. The molecule has 1 unspecified atom stereocenters.